The van der Waals surface area contributed by atoms with Gasteiger partial charge in [-0.3, -0.25) is 14.5 Å². The standard InChI is InChI=1S/C20H24N4O3S/c1-15-5-3-6-16(13-15)19-21-22-20(28)24(19)9-8-18(25)23(10-12-26-2)14-17-7-4-11-27-17/h3-7,11,13H,8-10,12,14H2,1-2H3,(H,22,28). The maximum atomic E-state index is 12.8. The Morgan fingerprint density at radius 2 is 2.21 bits per heavy atom. The van der Waals surface area contributed by atoms with E-state index in [0.717, 1.165) is 22.7 Å². The summed E-state index contributed by atoms with van der Waals surface area (Å²) in [5.74, 6) is 1.48. The molecule has 0 aliphatic heterocycles. The normalized spacial score (nSPS) is 10.9. The molecule has 0 aliphatic rings. The van der Waals surface area contributed by atoms with Gasteiger partial charge in [0.1, 0.15) is 5.76 Å². The zero-order chi connectivity index (χ0) is 19.9. The maximum absolute atomic E-state index is 12.8. The molecule has 1 N–H and O–H groups in total. The van der Waals surface area contributed by atoms with Crippen molar-refractivity contribution >= 4 is 18.1 Å². The Labute approximate surface area is 168 Å². The van der Waals surface area contributed by atoms with Gasteiger partial charge in [-0.2, -0.15) is 5.10 Å². The number of aryl methyl sites for hydroxylation is 1. The number of furan rings is 1. The molecule has 3 aromatic rings. The Morgan fingerprint density at radius 3 is 2.93 bits per heavy atom. The fourth-order valence-electron chi connectivity index (χ4n) is 2.98. The smallest absolute Gasteiger partial charge is 0.224 e. The number of aromatic nitrogens is 3. The molecule has 28 heavy (non-hydrogen) atoms. The Hall–Kier alpha value is -2.71. The molecule has 2 aromatic heterocycles. The van der Waals surface area contributed by atoms with Crippen molar-refractivity contribution < 1.29 is 13.9 Å². The number of ether oxygens (including phenoxy) is 1. The van der Waals surface area contributed by atoms with Gasteiger partial charge in [0.05, 0.1) is 19.4 Å². The van der Waals surface area contributed by atoms with E-state index in [1.165, 1.54) is 0 Å². The van der Waals surface area contributed by atoms with Gasteiger partial charge in [0.2, 0.25) is 5.91 Å². The highest BCUT2D eigenvalue weighted by Gasteiger charge is 2.17. The Morgan fingerprint density at radius 1 is 1.36 bits per heavy atom. The van der Waals surface area contributed by atoms with E-state index < -0.39 is 0 Å². The van der Waals surface area contributed by atoms with Crippen LogP contribution in [-0.4, -0.2) is 45.8 Å². The first-order valence-electron chi connectivity index (χ1n) is 9.10. The van der Waals surface area contributed by atoms with Crippen LogP contribution in [0.2, 0.25) is 0 Å². The van der Waals surface area contributed by atoms with Crippen LogP contribution in [0.15, 0.2) is 47.1 Å². The van der Waals surface area contributed by atoms with Crippen molar-refractivity contribution in [3.8, 4) is 11.4 Å². The Kier molecular flexibility index (Phi) is 6.78. The van der Waals surface area contributed by atoms with E-state index in [9.17, 15) is 4.79 Å². The minimum atomic E-state index is 0.00624. The molecule has 0 spiro atoms. The molecule has 148 valence electrons. The summed E-state index contributed by atoms with van der Waals surface area (Å²) < 4.78 is 12.9. The third kappa shape index (κ3) is 4.96. The van der Waals surface area contributed by atoms with Gasteiger partial charge in [-0.15, -0.1) is 0 Å². The van der Waals surface area contributed by atoms with Crippen LogP contribution in [0.4, 0.5) is 0 Å². The van der Waals surface area contributed by atoms with Crippen LogP contribution in [0.3, 0.4) is 0 Å². The number of carbonyl (C=O) groups is 1. The number of nitrogens with zero attached hydrogens (tertiary/aromatic N) is 3. The number of amides is 1. The van der Waals surface area contributed by atoms with Gasteiger partial charge in [-0.25, -0.2) is 0 Å². The lowest BCUT2D eigenvalue weighted by molar-refractivity contribution is -0.133. The fourth-order valence-corrected chi connectivity index (χ4v) is 3.20. The SMILES string of the molecule is COCCN(Cc1ccco1)C(=O)CCn1c(-c2cccc(C)c2)n[nH]c1=S. The number of hydrogen-bond donors (Lipinski definition) is 1. The van der Waals surface area contributed by atoms with Crippen molar-refractivity contribution in [2.24, 2.45) is 0 Å². The minimum Gasteiger partial charge on any atom is -0.467 e. The van der Waals surface area contributed by atoms with Crippen LogP contribution >= 0.6 is 12.2 Å². The van der Waals surface area contributed by atoms with Crippen molar-refractivity contribution in [2.45, 2.75) is 26.4 Å². The third-order valence-corrected chi connectivity index (χ3v) is 4.74. The van der Waals surface area contributed by atoms with E-state index in [1.807, 2.05) is 47.9 Å². The summed E-state index contributed by atoms with van der Waals surface area (Å²) in [6.45, 7) is 3.85. The third-order valence-electron chi connectivity index (χ3n) is 4.43. The van der Waals surface area contributed by atoms with Gasteiger partial charge in [0.25, 0.3) is 0 Å². The summed E-state index contributed by atoms with van der Waals surface area (Å²) in [6, 6.07) is 11.7. The lowest BCUT2D eigenvalue weighted by atomic mass is 10.1. The number of nitrogens with one attached hydrogen (secondary N) is 1. The summed E-state index contributed by atoms with van der Waals surface area (Å²) in [5.41, 5.74) is 2.10. The summed E-state index contributed by atoms with van der Waals surface area (Å²) in [4.78, 5) is 14.6. The van der Waals surface area contributed by atoms with Crippen LogP contribution in [0, 0.1) is 11.7 Å². The monoisotopic (exact) mass is 400 g/mol. The fraction of sp³-hybridized carbons (Fsp3) is 0.350. The predicted molar refractivity (Wildman–Crippen MR) is 108 cm³/mol. The molecule has 1 amide bonds. The van der Waals surface area contributed by atoms with Gasteiger partial charge in [0, 0.05) is 32.2 Å². The molecule has 2 heterocycles. The second-order valence-electron chi connectivity index (χ2n) is 6.51. The van der Waals surface area contributed by atoms with Gasteiger partial charge in [-0.1, -0.05) is 23.8 Å². The van der Waals surface area contributed by atoms with Gasteiger partial charge < -0.3 is 14.1 Å². The average molecular weight is 401 g/mol. The van der Waals surface area contributed by atoms with E-state index in [1.54, 1.807) is 18.3 Å². The highest BCUT2D eigenvalue weighted by atomic mass is 32.1. The predicted octanol–water partition coefficient (Wildman–Crippen LogP) is 3.57. The molecular formula is C20H24N4O3S. The van der Waals surface area contributed by atoms with Crippen LogP contribution in [0.1, 0.15) is 17.7 Å². The van der Waals surface area contributed by atoms with Crippen molar-refractivity contribution in [2.75, 3.05) is 20.3 Å². The molecular weight excluding hydrogens is 376 g/mol. The topological polar surface area (TPSA) is 76.3 Å². The van der Waals surface area contributed by atoms with E-state index in [0.29, 0.717) is 37.4 Å². The molecule has 0 radical (unpaired) electrons. The number of aromatic amines is 1. The average Bonchev–Trinajstić information content (AvgIpc) is 3.32. The number of H-pyrrole nitrogens is 1. The summed E-state index contributed by atoms with van der Waals surface area (Å²) >= 11 is 5.37. The van der Waals surface area contributed by atoms with Crippen molar-refractivity contribution in [3.05, 3.63) is 58.8 Å². The molecule has 3 rings (SSSR count). The van der Waals surface area contributed by atoms with Crippen LogP contribution in [0.5, 0.6) is 0 Å². The van der Waals surface area contributed by atoms with Crippen molar-refractivity contribution in [3.63, 3.8) is 0 Å². The Balaban J connectivity index is 1.72. The maximum Gasteiger partial charge on any atom is 0.224 e. The van der Waals surface area contributed by atoms with Gasteiger partial charge >= 0.3 is 0 Å². The molecule has 0 aliphatic carbocycles. The molecule has 0 unspecified atom stereocenters. The number of benzene rings is 1. The molecule has 0 saturated carbocycles. The number of carbonyl (C=O) groups excluding carboxylic acids is 1. The summed E-state index contributed by atoms with van der Waals surface area (Å²) in [6.07, 6.45) is 1.91. The number of hydrogen-bond acceptors (Lipinski definition) is 5. The van der Waals surface area contributed by atoms with Crippen LogP contribution in [0.25, 0.3) is 11.4 Å². The van der Waals surface area contributed by atoms with E-state index in [2.05, 4.69) is 10.2 Å². The Bertz CT molecular complexity index is 962. The van der Waals surface area contributed by atoms with Gasteiger partial charge in [-0.05, 0) is 37.3 Å². The van der Waals surface area contributed by atoms with Gasteiger partial charge in [0.15, 0.2) is 10.6 Å². The van der Waals surface area contributed by atoms with Crippen molar-refractivity contribution in [1.29, 1.82) is 0 Å². The first-order chi connectivity index (χ1) is 13.6. The molecule has 0 fully saturated rings. The lowest BCUT2D eigenvalue weighted by Crippen LogP contribution is -2.33. The zero-order valence-corrected chi connectivity index (χ0v) is 16.9. The molecule has 0 saturated heterocycles. The number of rotatable bonds is 9. The summed E-state index contributed by atoms with van der Waals surface area (Å²) in [5, 5.41) is 7.18. The zero-order valence-electron chi connectivity index (χ0n) is 16.1. The molecule has 0 atom stereocenters. The second kappa shape index (κ2) is 9.48. The molecule has 1 aromatic carbocycles. The minimum absolute atomic E-state index is 0.00624. The highest BCUT2D eigenvalue weighted by Crippen LogP contribution is 2.19. The first-order valence-corrected chi connectivity index (χ1v) is 9.50. The van der Waals surface area contributed by atoms with E-state index >= 15 is 0 Å². The summed E-state index contributed by atoms with van der Waals surface area (Å²) in [7, 11) is 1.62. The molecule has 7 nitrogen and oxygen atoms in total. The van der Waals surface area contributed by atoms with Crippen LogP contribution in [-0.2, 0) is 22.6 Å². The van der Waals surface area contributed by atoms with Crippen LogP contribution < -0.4 is 0 Å². The highest BCUT2D eigenvalue weighted by molar-refractivity contribution is 7.71. The quantitative estimate of drug-likeness (QED) is 0.556. The number of methoxy groups -OCH3 is 1. The lowest BCUT2D eigenvalue weighted by Gasteiger charge is -2.21. The van der Waals surface area contributed by atoms with E-state index in [4.69, 9.17) is 21.4 Å². The largest absolute Gasteiger partial charge is 0.467 e. The molecule has 0 bridgehead atoms. The molecule has 8 heteroatoms. The van der Waals surface area contributed by atoms with Crippen molar-refractivity contribution in [1.82, 2.24) is 19.7 Å². The second-order valence-corrected chi connectivity index (χ2v) is 6.90. The first kappa shape index (κ1) is 20.0. The van der Waals surface area contributed by atoms with E-state index in [-0.39, 0.29) is 5.91 Å².